The largest absolute Gasteiger partial charge is 0.504 e. The molecule has 0 atom stereocenters. The van der Waals surface area contributed by atoms with Crippen molar-refractivity contribution in [2.24, 2.45) is 0 Å². The predicted molar refractivity (Wildman–Crippen MR) is 104 cm³/mol. The Balaban J connectivity index is 2.51. The van der Waals surface area contributed by atoms with E-state index in [2.05, 4.69) is 45.9 Å². The van der Waals surface area contributed by atoms with Crippen LogP contribution in [0.25, 0.3) is 0 Å². The van der Waals surface area contributed by atoms with Crippen molar-refractivity contribution in [2.75, 3.05) is 0 Å². The fourth-order valence-electron chi connectivity index (χ4n) is 2.60. The summed E-state index contributed by atoms with van der Waals surface area (Å²) in [7, 11) is 0. The van der Waals surface area contributed by atoms with Crippen LogP contribution in [-0.4, -0.2) is 10.2 Å². The van der Waals surface area contributed by atoms with Gasteiger partial charge >= 0.3 is 0 Å². The second-order valence-corrected chi connectivity index (χ2v) is 6.89. The minimum Gasteiger partial charge on any atom is -0.504 e. The molecule has 0 fully saturated rings. The molecule has 2 N–H and O–H groups in total. The van der Waals surface area contributed by atoms with Gasteiger partial charge in [-0.25, -0.2) is 0 Å². The van der Waals surface area contributed by atoms with Crippen molar-refractivity contribution in [1.82, 2.24) is 0 Å². The average molecular weight is 328 g/mol. The minimum absolute atomic E-state index is 0.00839. The van der Waals surface area contributed by atoms with Crippen molar-refractivity contribution in [3.63, 3.8) is 0 Å². The highest BCUT2D eigenvalue weighted by Crippen LogP contribution is 2.31. The van der Waals surface area contributed by atoms with Crippen molar-refractivity contribution >= 4 is 0 Å². The van der Waals surface area contributed by atoms with Gasteiger partial charge in [0, 0.05) is 5.56 Å². The van der Waals surface area contributed by atoms with Crippen LogP contribution in [0, 0.1) is 6.92 Å². The molecule has 0 radical (unpaired) electrons. The summed E-state index contributed by atoms with van der Waals surface area (Å²) in [5.41, 5.74) is 5.95. The smallest absolute Gasteiger partial charge is 0.161 e. The molecule has 0 aliphatic carbocycles. The molecule has 0 amide bonds. The van der Waals surface area contributed by atoms with E-state index >= 15 is 0 Å². The van der Waals surface area contributed by atoms with E-state index in [1.54, 1.807) is 0 Å². The number of aromatic hydroxyl groups is 2. The highest BCUT2D eigenvalue weighted by Gasteiger charge is 2.08. The number of hydrogen-bond donors (Lipinski definition) is 2. The average Bonchev–Trinajstić information content (AvgIpc) is 2.50. The molecule has 0 heterocycles. The molecular weight excluding hydrogens is 296 g/mol. The Labute approximate surface area is 147 Å². The topological polar surface area (TPSA) is 40.5 Å². The Bertz CT molecular complexity index is 630. The first-order valence-corrected chi connectivity index (χ1v) is 8.76. The summed E-state index contributed by atoms with van der Waals surface area (Å²) in [6, 6.07) is 3.37. The van der Waals surface area contributed by atoms with Crippen LogP contribution in [0.5, 0.6) is 11.5 Å². The maximum Gasteiger partial charge on any atom is 0.161 e. The molecule has 2 nitrogen and oxygen atoms in total. The second kappa shape index (κ2) is 10.0. The monoisotopic (exact) mass is 328 g/mol. The fourth-order valence-corrected chi connectivity index (χ4v) is 2.60. The van der Waals surface area contributed by atoms with Gasteiger partial charge < -0.3 is 10.2 Å². The lowest BCUT2D eigenvalue weighted by Gasteiger charge is -2.08. The molecule has 132 valence electrons. The zero-order chi connectivity index (χ0) is 18.1. The molecule has 0 aromatic heterocycles. The summed E-state index contributed by atoms with van der Waals surface area (Å²) in [5.74, 6) is -0.0364. The number of rotatable bonds is 8. The maximum atomic E-state index is 9.97. The van der Waals surface area contributed by atoms with Gasteiger partial charge in [-0.1, -0.05) is 41.0 Å². The van der Waals surface area contributed by atoms with E-state index in [-0.39, 0.29) is 11.5 Å². The molecule has 0 bridgehead atoms. The number of phenols is 2. The number of aryl methyl sites for hydroxylation is 1. The third-order valence-corrected chi connectivity index (χ3v) is 4.27. The molecule has 2 heteroatoms. The van der Waals surface area contributed by atoms with Crippen molar-refractivity contribution in [1.29, 1.82) is 0 Å². The summed E-state index contributed by atoms with van der Waals surface area (Å²) >= 11 is 0. The molecule has 1 aromatic rings. The third kappa shape index (κ3) is 7.08. The summed E-state index contributed by atoms with van der Waals surface area (Å²) in [6.45, 7) is 10.6. The van der Waals surface area contributed by atoms with Gasteiger partial charge in [0.25, 0.3) is 0 Å². The first-order valence-electron chi connectivity index (χ1n) is 8.76. The Morgan fingerprint density at radius 3 is 2.08 bits per heavy atom. The first kappa shape index (κ1) is 20.1. The standard InChI is InChI=1S/C22H32O2/c1-16(2)8-6-9-17(3)10-7-11-18(4)12-14-20-19(5)13-15-21(23)22(20)24/h8,10,12-13,15,23-24H,6-7,9,11,14H2,1-5H3/b17-10+,18-12+. The van der Waals surface area contributed by atoms with Crippen LogP contribution in [0.15, 0.2) is 47.1 Å². The SMILES string of the molecule is CC(C)=CCC/C(C)=C/CC/C(C)=C/Cc1c(C)ccc(O)c1O. The highest BCUT2D eigenvalue weighted by molar-refractivity contribution is 5.49. The normalized spacial score (nSPS) is 12.4. The summed E-state index contributed by atoms with van der Waals surface area (Å²) in [6.07, 6.45) is 11.7. The lowest BCUT2D eigenvalue weighted by molar-refractivity contribution is 0.400. The van der Waals surface area contributed by atoms with E-state index in [9.17, 15) is 10.2 Å². The van der Waals surface area contributed by atoms with E-state index in [1.807, 2.05) is 13.0 Å². The van der Waals surface area contributed by atoms with Crippen LogP contribution in [0.3, 0.4) is 0 Å². The second-order valence-electron chi connectivity index (χ2n) is 6.89. The van der Waals surface area contributed by atoms with Crippen LogP contribution in [0.4, 0.5) is 0 Å². The van der Waals surface area contributed by atoms with Gasteiger partial charge in [0.05, 0.1) is 0 Å². The van der Waals surface area contributed by atoms with Crippen molar-refractivity contribution < 1.29 is 10.2 Å². The molecular formula is C22H32O2. The van der Waals surface area contributed by atoms with Crippen LogP contribution in [0.2, 0.25) is 0 Å². The van der Waals surface area contributed by atoms with Gasteiger partial charge in [0.1, 0.15) is 0 Å². The first-order chi connectivity index (χ1) is 11.3. The van der Waals surface area contributed by atoms with E-state index in [0.717, 1.165) is 36.8 Å². The number of benzene rings is 1. The minimum atomic E-state index is -0.0448. The summed E-state index contributed by atoms with van der Waals surface area (Å²) in [5, 5.41) is 19.6. The van der Waals surface area contributed by atoms with E-state index in [1.165, 1.54) is 22.8 Å². The third-order valence-electron chi connectivity index (χ3n) is 4.27. The molecule has 24 heavy (non-hydrogen) atoms. The zero-order valence-corrected chi connectivity index (χ0v) is 15.8. The van der Waals surface area contributed by atoms with E-state index in [4.69, 9.17) is 0 Å². The van der Waals surface area contributed by atoms with Crippen LogP contribution < -0.4 is 0 Å². The van der Waals surface area contributed by atoms with Crippen molar-refractivity contribution in [3.05, 3.63) is 58.2 Å². The van der Waals surface area contributed by atoms with Crippen LogP contribution in [0.1, 0.15) is 64.5 Å². The van der Waals surface area contributed by atoms with Crippen molar-refractivity contribution in [3.8, 4) is 11.5 Å². The molecule has 0 spiro atoms. The van der Waals surface area contributed by atoms with Crippen LogP contribution in [-0.2, 0) is 6.42 Å². The predicted octanol–water partition coefficient (Wildman–Crippen LogP) is 6.37. The zero-order valence-electron chi connectivity index (χ0n) is 15.8. The quantitative estimate of drug-likeness (QED) is 0.430. The lowest BCUT2D eigenvalue weighted by atomic mass is 10.0. The molecule has 0 unspecified atom stereocenters. The van der Waals surface area contributed by atoms with Gasteiger partial charge in [-0.2, -0.15) is 0 Å². The summed E-state index contributed by atoms with van der Waals surface area (Å²) in [4.78, 5) is 0. The molecule has 1 rings (SSSR count). The highest BCUT2D eigenvalue weighted by atomic mass is 16.3. The van der Waals surface area contributed by atoms with Gasteiger partial charge in [-0.15, -0.1) is 0 Å². The number of hydrogen-bond acceptors (Lipinski definition) is 2. The Hall–Kier alpha value is -1.96. The Morgan fingerprint density at radius 2 is 1.46 bits per heavy atom. The Kier molecular flexibility index (Phi) is 8.39. The Morgan fingerprint density at radius 1 is 0.875 bits per heavy atom. The molecule has 0 saturated heterocycles. The fraction of sp³-hybridized carbons (Fsp3) is 0.455. The van der Waals surface area contributed by atoms with Gasteiger partial charge in [-0.05, 0) is 78.4 Å². The molecule has 0 aliphatic heterocycles. The summed E-state index contributed by atoms with van der Waals surface area (Å²) < 4.78 is 0. The van der Waals surface area contributed by atoms with E-state index in [0.29, 0.717) is 6.42 Å². The van der Waals surface area contributed by atoms with Crippen molar-refractivity contribution in [2.45, 2.75) is 66.7 Å². The van der Waals surface area contributed by atoms with Gasteiger partial charge in [0.2, 0.25) is 0 Å². The molecule has 0 saturated carbocycles. The van der Waals surface area contributed by atoms with E-state index < -0.39 is 0 Å². The lowest BCUT2D eigenvalue weighted by Crippen LogP contribution is -1.90. The van der Waals surface area contributed by atoms with Crippen LogP contribution >= 0.6 is 0 Å². The molecule has 0 aliphatic rings. The van der Waals surface area contributed by atoms with Gasteiger partial charge in [-0.3, -0.25) is 0 Å². The molecule has 1 aromatic carbocycles. The van der Waals surface area contributed by atoms with Gasteiger partial charge in [0.15, 0.2) is 11.5 Å². The number of allylic oxidation sites excluding steroid dienone is 6. The number of phenolic OH excluding ortho intramolecular Hbond substituents is 2. The maximum absolute atomic E-state index is 9.97.